The molecule has 0 radical (unpaired) electrons. The molecule has 0 bridgehead atoms. The van der Waals surface area contributed by atoms with E-state index < -0.39 is 20.9 Å². The fraction of sp³-hybridized carbons (Fsp3) is 0.562. The average molecular weight is 421 g/mol. The van der Waals surface area contributed by atoms with Crippen molar-refractivity contribution in [2.45, 2.75) is 36.6 Å². The van der Waals surface area contributed by atoms with Gasteiger partial charge in [-0.3, -0.25) is 14.9 Å². The normalized spacial score (nSPS) is 20.0. The van der Waals surface area contributed by atoms with Crippen LogP contribution in [-0.4, -0.2) is 49.7 Å². The van der Waals surface area contributed by atoms with Crippen molar-refractivity contribution in [3.05, 3.63) is 34.4 Å². The van der Waals surface area contributed by atoms with E-state index in [0.29, 0.717) is 6.54 Å². The standard InChI is InChI=1S/C16H24N4O5S.ClH/c1-19(11-16(21)18-15-8-3-2-5-12(15)10-17)26(24,25)14-7-4-6-13(9-14)20(22)23;/h4,6-7,9,12,15H,2-3,5,8,10-11,17H2,1H3,(H,18,21);1H. The lowest BCUT2D eigenvalue weighted by molar-refractivity contribution is -0.385. The number of sulfonamides is 1. The molecule has 9 nitrogen and oxygen atoms in total. The number of nitrogens with one attached hydrogen (secondary N) is 1. The lowest BCUT2D eigenvalue weighted by Gasteiger charge is -2.31. The van der Waals surface area contributed by atoms with E-state index in [2.05, 4.69) is 5.32 Å². The van der Waals surface area contributed by atoms with E-state index in [-0.39, 0.29) is 41.5 Å². The summed E-state index contributed by atoms with van der Waals surface area (Å²) in [5.41, 5.74) is 5.42. The number of carbonyl (C=O) groups excluding carboxylic acids is 1. The van der Waals surface area contributed by atoms with Gasteiger partial charge in [0.15, 0.2) is 0 Å². The van der Waals surface area contributed by atoms with E-state index in [1.54, 1.807) is 0 Å². The number of nitrogens with zero attached hydrogens (tertiary/aromatic N) is 2. The van der Waals surface area contributed by atoms with Gasteiger partial charge in [0.05, 0.1) is 16.4 Å². The summed E-state index contributed by atoms with van der Waals surface area (Å²) in [7, 11) is -2.73. The van der Waals surface area contributed by atoms with Crippen molar-refractivity contribution < 1.29 is 18.1 Å². The summed E-state index contributed by atoms with van der Waals surface area (Å²) in [6.07, 6.45) is 3.86. The van der Waals surface area contributed by atoms with Gasteiger partial charge in [-0.1, -0.05) is 18.9 Å². The van der Waals surface area contributed by atoms with Crippen LogP contribution in [0.2, 0.25) is 0 Å². The largest absolute Gasteiger partial charge is 0.352 e. The molecule has 1 aliphatic carbocycles. The highest BCUT2D eigenvalue weighted by Gasteiger charge is 2.28. The number of rotatable bonds is 7. The molecule has 1 fully saturated rings. The highest BCUT2D eigenvalue weighted by Crippen LogP contribution is 2.24. The Labute approximate surface area is 164 Å². The highest BCUT2D eigenvalue weighted by atomic mass is 35.5. The molecular weight excluding hydrogens is 396 g/mol. The molecule has 2 unspecified atom stereocenters. The number of likely N-dealkylation sites (N-methyl/N-ethyl adjacent to an activating group) is 1. The quantitative estimate of drug-likeness (QED) is 0.503. The predicted octanol–water partition coefficient (Wildman–Crippen LogP) is 1.27. The lowest BCUT2D eigenvalue weighted by Crippen LogP contribution is -2.48. The van der Waals surface area contributed by atoms with Crippen LogP contribution < -0.4 is 11.1 Å². The number of carbonyl (C=O) groups is 1. The lowest BCUT2D eigenvalue weighted by atomic mass is 9.84. The van der Waals surface area contributed by atoms with Crippen molar-refractivity contribution >= 4 is 34.0 Å². The smallest absolute Gasteiger partial charge is 0.270 e. The molecule has 1 amide bonds. The van der Waals surface area contributed by atoms with Gasteiger partial charge >= 0.3 is 0 Å². The first-order chi connectivity index (χ1) is 12.3. The molecule has 1 aromatic rings. The fourth-order valence-corrected chi connectivity index (χ4v) is 4.32. The zero-order valence-electron chi connectivity index (χ0n) is 15.0. The van der Waals surface area contributed by atoms with Crippen LogP contribution in [0.4, 0.5) is 5.69 Å². The Morgan fingerprint density at radius 1 is 1.37 bits per heavy atom. The molecule has 11 heteroatoms. The van der Waals surface area contributed by atoms with E-state index in [0.717, 1.165) is 36.1 Å². The molecule has 1 aliphatic rings. The van der Waals surface area contributed by atoms with Crippen molar-refractivity contribution in [3.63, 3.8) is 0 Å². The van der Waals surface area contributed by atoms with E-state index in [4.69, 9.17) is 5.73 Å². The van der Waals surface area contributed by atoms with Crippen molar-refractivity contribution in [1.29, 1.82) is 0 Å². The summed E-state index contributed by atoms with van der Waals surface area (Å²) < 4.78 is 26.0. The van der Waals surface area contributed by atoms with Crippen molar-refractivity contribution in [3.8, 4) is 0 Å². The van der Waals surface area contributed by atoms with E-state index >= 15 is 0 Å². The second kappa shape index (κ2) is 9.98. The number of nitrogens with two attached hydrogens (primary N) is 1. The van der Waals surface area contributed by atoms with Crippen molar-refractivity contribution in [1.82, 2.24) is 9.62 Å². The van der Waals surface area contributed by atoms with Gasteiger partial charge in [0, 0.05) is 25.2 Å². The van der Waals surface area contributed by atoms with E-state index in [1.165, 1.54) is 25.2 Å². The summed E-state index contributed by atoms with van der Waals surface area (Å²) in [6, 6.07) is 4.71. The topological polar surface area (TPSA) is 136 Å². The number of benzene rings is 1. The molecule has 2 atom stereocenters. The van der Waals surface area contributed by atoms with Crippen LogP contribution in [0.5, 0.6) is 0 Å². The second-order valence-electron chi connectivity index (χ2n) is 6.47. The van der Waals surface area contributed by atoms with Crippen LogP contribution in [0.3, 0.4) is 0 Å². The Balaban J connectivity index is 0.00000364. The third-order valence-corrected chi connectivity index (χ3v) is 6.46. The van der Waals surface area contributed by atoms with Crippen molar-refractivity contribution in [2.75, 3.05) is 20.1 Å². The van der Waals surface area contributed by atoms with Crippen LogP contribution in [0, 0.1) is 16.0 Å². The third kappa shape index (κ3) is 5.86. The SMILES string of the molecule is CN(CC(=O)NC1CCCCC1CN)S(=O)(=O)c1cccc([N+](=O)[O-])c1.Cl. The summed E-state index contributed by atoms with van der Waals surface area (Å²) >= 11 is 0. The molecule has 152 valence electrons. The maximum atomic E-state index is 12.6. The Hall–Kier alpha value is -1.75. The van der Waals surface area contributed by atoms with Gasteiger partial charge in [0.25, 0.3) is 5.69 Å². The molecule has 1 saturated carbocycles. The molecule has 3 N–H and O–H groups in total. The summed E-state index contributed by atoms with van der Waals surface area (Å²) in [4.78, 5) is 22.2. The first kappa shape index (κ1) is 23.3. The van der Waals surface area contributed by atoms with Gasteiger partial charge in [-0.2, -0.15) is 4.31 Å². The van der Waals surface area contributed by atoms with Gasteiger partial charge in [-0.25, -0.2) is 8.42 Å². The predicted molar refractivity (Wildman–Crippen MR) is 103 cm³/mol. The zero-order chi connectivity index (χ0) is 19.3. The summed E-state index contributed by atoms with van der Waals surface area (Å²) in [5.74, 6) is -0.210. The Bertz CT molecular complexity index is 774. The minimum Gasteiger partial charge on any atom is -0.352 e. The summed E-state index contributed by atoms with van der Waals surface area (Å²) in [5, 5.41) is 13.7. The molecule has 0 aromatic heterocycles. The zero-order valence-corrected chi connectivity index (χ0v) is 16.7. The highest BCUT2D eigenvalue weighted by molar-refractivity contribution is 7.89. The monoisotopic (exact) mass is 420 g/mol. The van der Waals surface area contributed by atoms with Crippen LogP contribution in [0.1, 0.15) is 25.7 Å². The molecule has 2 rings (SSSR count). The van der Waals surface area contributed by atoms with Crippen LogP contribution >= 0.6 is 12.4 Å². The Morgan fingerprint density at radius 2 is 2.04 bits per heavy atom. The maximum Gasteiger partial charge on any atom is 0.270 e. The van der Waals surface area contributed by atoms with Gasteiger partial charge in [0.2, 0.25) is 15.9 Å². The Kier molecular flexibility index (Phi) is 8.60. The number of amides is 1. The number of nitro benzene ring substituents is 1. The second-order valence-corrected chi connectivity index (χ2v) is 8.51. The Morgan fingerprint density at radius 3 is 2.67 bits per heavy atom. The molecule has 0 aliphatic heterocycles. The van der Waals surface area contributed by atoms with Gasteiger partial charge in [0.1, 0.15) is 0 Å². The summed E-state index contributed by atoms with van der Waals surface area (Å²) in [6.45, 7) is 0.117. The molecule has 27 heavy (non-hydrogen) atoms. The van der Waals surface area contributed by atoms with E-state index in [1.807, 2.05) is 0 Å². The van der Waals surface area contributed by atoms with Crippen molar-refractivity contribution in [2.24, 2.45) is 11.7 Å². The number of nitro groups is 1. The number of halogens is 1. The molecule has 0 saturated heterocycles. The molecule has 0 spiro atoms. The molecular formula is C16H25ClN4O5S. The number of hydrogen-bond acceptors (Lipinski definition) is 6. The van der Waals surface area contributed by atoms with Crippen LogP contribution in [0.15, 0.2) is 29.2 Å². The minimum atomic E-state index is -4.01. The number of non-ortho nitro benzene ring substituents is 1. The van der Waals surface area contributed by atoms with Gasteiger partial charge in [-0.05, 0) is 31.4 Å². The molecule has 0 heterocycles. The van der Waals surface area contributed by atoms with Crippen LogP contribution in [0.25, 0.3) is 0 Å². The van der Waals surface area contributed by atoms with Gasteiger partial charge < -0.3 is 11.1 Å². The molecule has 1 aromatic carbocycles. The maximum absolute atomic E-state index is 12.6. The van der Waals surface area contributed by atoms with Crippen LogP contribution in [-0.2, 0) is 14.8 Å². The third-order valence-electron chi connectivity index (χ3n) is 4.66. The van der Waals surface area contributed by atoms with E-state index in [9.17, 15) is 23.3 Å². The number of hydrogen-bond donors (Lipinski definition) is 2. The average Bonchev–Trinajstić information content (AvgIpc) is 2.62. The first-order valence-corrected chi connectivity index (χ1v) is 9.90. The minimum absolute atomic E-state index is 0. The fourth-order valence-electron chi connectivity index (χ4n) is 3.16. The van der Waals surface area contributed by atoms with Gasteiger partial charge in [-0.15, -0.1) is 12.4 Å². The first-order valence-electron chi connectivity index (χ1n) is 8.46.